The summed E-state index contributed by atoms with van der Waals surface area (Å²) in [4.78, 5) is 20.6. The van der Waals surface area contributed by atoms with Crippen molar-refractivity contribution >= 4 is 0 Å². The Balaban J connectivity index is 0. The van der Waals surface area contributed by atoms with Gasteiger partial charge in [0.25, 0.3) is 0 Å². The molecule has 6 atom stereocenters. The second-order valence-corrected chi connectivity index (χ2v) is 39.1. The molecule has 7 rings (SSSR count). The molecule has 0 aromatic carbocycles. The smallest absolute Gasteiger partial charge is 0.00387 e. The summed E-state index contributed by atoms with van der Waals surface area (Å²) in [6.45, 7) is 104. The number of piperidine rings is 4. The van der Waals surface area contributed by atoms with Crippen molar-refractivity contribution < 1.29 is 0 Å². The highest BCUT2D eigenvalue weighted by Gasteiger charge is 2.30. The molecule has 0 radical (unpaired) electrons. The minimum Gasteiger partial charge on any atom is -0.315 e. The Bertz CT molecular complexity index is 1550. The number of hydrogen-bond acceptors (Lipinski definition) is 9. The van der Waals surface area contributed by atoms with Crippen LogP contribution >= 0.6 is 0 Å². The van der Waals surface area contributed by atoms with Crippen molar-refractivity contribution in [2.24, 2.45) is 94.7 Å². The topological polar surface area (TPSA) is 38.0 Å². The van der Waals surface area contributed by atoms with Gasteiger partial charge in [-0.2, -0.15) is 0 Å². The largest absolute Gasteiger partial charge is 0.315 e. The van der Waals surface area contributed by atoms with Gasteiger partial charge in [-0.05, 0) is 361 Å². The molecule has 7 fully saturated rings. The molecule has 9 heteroatoms. The predicted octanol–water partition coefficient (Wildman–Crippen LogP) is 22.6. The minimum atomic E-state index is 0.642. The van der Waals surface area contributed by atoms with Crippen molar-refractivity contribution in [3.8, 4) is 0 Å². The second kappa shape index (κ2) is 56.8. The minimum absolute atomic E-state index is 0.642. The van der Waals surface area contributed by atoms with Crippen molar-refractivity contribution in [3.63, 3.8) is 0 Å². The van der Waals surface area contributed by atoms with Crippen LogP contribution in [0.4, 0.5) is 0 Å². The van der Waals surface area contributed by atoms with Crippen LogP contribution in [0.2, 0.25) is 0 Å². The summed E-state index contributed by atoms with van der Waals surface area (Å²) >= 11 is 0. The summed E-state index contributed by atoms with van der Waals surface area (Å²) in [5.41, 5.74) is 0. The molecule has 0 aromatic heterocycles. The molecule has 1 N–H and O–H groups in total. The maximum atomic E-state index is 3.38. The third kappa shape index (κ3) is 48.1. The van der Waals surface area contributed by atoms with E-state index in [9.17, 15) is 0 Å². The third-order valence-electron chi connectivity index (χ3n) is 24.7. The lowest BCUT2D eigenvalue weighted by atomic mass is 9.86. The molecule has 0 aromatic rings. The molecule has 0 spiro atoms. The summed E-state index contributed by atoms with van der Waals surface area (Å²) in [5, 5.41) is 3.38. The zero-order chi connectivity index (χ0) is 77.3. The maximum Gasteiger partial charge on any atom is 0.00387 e. The second-order valence-electron chi connectivity index (χ2n) is 39.1. The first-order chi connectivity index (χ1) is 46.4. The van der Waals surface area contributed by atoms with Gasteiger partial charge in [0.15, 0.2) is 0 Å². The van der Waals surface area contributed by atoms with Crippen LogP contribution in [0, 0.1) is 94.7 Å². The molecule has 9 nitrogen and oxygen atoms in total. The highest BCUT2D eigenvalue weighted by atomic mass is 15.2. The van der Waals surface area contributed by atoms with E-state index in [0.717, 1.165) is 144 Å². The van der Waals surface area contributed by atoms with Crippen molar-refractivity contribution in [2.75, 3.05) is 112 Å². The monoisotopic (exact) mass is 1410 g/mol. The Hall–Kier alpha value is -0.360. The van der Waals surface area contributed by atoms with Gasteiger partial charge in [-0.1, -0.05) is 138 Å². The van der Waals surface area contributed by atoms with E-state index in [0.29, 0.717) is 12.1 Å². The lowest BCUT2D eigenvalue weighted by molar-refractivity contribution is 0.117. The van der Waals surface area contributed by atoms with Crippen molar-refractivity contribution in [1.29, 1.82) is 0 Å². The number of likely N-dealkylation sites (tertiary alicyclic amines) is 7. The molecule has 2 unspecified atom stereocenters. The molecule has 0 saturated carbocycles. The van der Waals surface area contributed by atoms with Crippen LogP contribution in [0.3, 0.4) is 0 Å². The highest BCUT2D eigenvalue weighted by Crippen LogP contribution is 2.30. The van der Waals surface area contributed by atoms with E-state index in [4.69, 9.17) is 0 Å². The van der Waals surface area contributed by atoms with Gasteiger partial charge in [0.2, 0.25) is 0 Å². The van der Waals surface area contributed by atoms with E-state index in [1.807, 2.05) is 0 Å². The van der Waals surface area contributed by atoms with E-state index in [1.54, 1.807) is 0 Å². The maximum absolute atomic E-state index is 3.38. The van der Waals surface area contributed by atoms with E-state index < -0.39 is 0 Å². The van der Waals surface area contributed by atoms with Gasteiger partial charge in [0.05, 0.1) is 0 Å². The molecule has 7 saturated heterocycles. The molecule has 0 bridgehead atoms. The Labute approximate surface area is 634 Å². The first-order valence-corrected chi connectivity index (χ1v) is 44.0. The normalized spacial score (nSPS) is 23.6. The van der Waals surface area contributed by atoms with Crippen molar-refractivity contribution in [2.45, 2.75) is 387 Å². The third-order valence-corrected chi connectivity index (χ3v) is 24.7. The fourth-order valence-electron chi connectivity index (χ4n) is 15.1. The molecule has 0 aliphatic carbocycles. The van der Waals surface area contributed by atoms with Crippen LogP contribution in [0.15, 0.2) is 0 Å². The average Bonchev–Trinajstić information content (AvgIpc) is 1.21. The molecule has 0 amide bonds. The fourth-order valence-corrected chi connectivity index (χ4v) is 15.1. The van der Waals surface area contributed by atoms with Gasteiger partial charge in [-0.3, -0.25) is 0 Å². The Kier molecular flexibility index (Phi) is 57.8. The molecular weight excluding hydrogens is 1220 g/mol. The van der Waals surface area contributed by atoms with Crippen LogP contribution in [0.1, 0.15) is 333 Å². The van der Waals surface area contributed by atoms with E-state index in [2.05, 4.69) is 301 Å². The molecule has 7 heterocycles. The lowest BCUT2D eigenvalue weighted by Crippen LogP contribution is -2.41. The zero-order valence-electron chi connectivity index (χ0n) is 76.0. The number of rotatable bonds is 22. The number of nitrogens with one attached hydrogen (secondary N) is 1. The first-order valence-electron chi connectivity index (χ1n) is 44.0. The molecular formula is C91H195N9. The van der Waals surface area contributed by atoms with Gasteiger partial charge in [-0.25, -0.2) is 0 Å². The number of nitrogens with zero attached hydrogens (tertiary/aromatic N) is 8. The van der Waals surface area contributed by atoms with E-state index in [-0.39, 0.29) is 0 Å². The van der Waals surface area contributed by atoms with Gasteiger partial charge in [0.1, 0.15) is 0 Å². The quantitative estimate of drug-likeness (QED) is 0.114. The van der Waals surface area contributed by atoms with Crippen LogP contribution in [-0.2, 0) is 0 Å². The lowest BCUT2D eigenvalue weighted by Gasteiger charge is -2.37. The fraction of sp³-hybridized carbons (Fsp3) is 1.00. The van der Waals surface area contributed by atoms with Crippen LogP contribution in [0.25, 0.3) is 0 Å². The van der Waals surface area contributed by atoms with Crippen LogP contribution in [-0.4, -0.2) is 205 Å². The average molecular weight is 1420 g/mol. The van der Waals surface area contributed by atoms with Gasteiger partial charge in [-0.15, -0.1) is 0 Å². The number of hydrogen-bond donors (Lipinski definition) is 1. The summed E-state index contributed by atoms with van der Waals surface area (Å²) in [6, 6.07) is 6.56. The zero-order valence-corrected chi connectivity index (χ0v) is 76.0. The Morgan fingerprint density at radius 2 is 0.470 bits per heavy atom. The standard InChI is InChI=1S/4C11H23N.3C10H21N.C9H21N.C8H19N/c1-9(2)11-5-7-12(8-6-11)10(3)4;3*1-9(2)11-6-5-7-12(8-11)10(3)4;3*1-8(2)10-5-6-11(7-10)9(3)4;1-8(2)6-7-10(5)9(3)4;1-7(2)5-6-9-8(3)4/h4*9-11H,5-8H2,1-4H3;3*8-10H,5-7H2,1-4H3;8-9H,6-7H2,1-5H3;7-9H,5-6H2,1-4H3/t;2*11-;;2*10-;;;/m.10.10.../s1. The van der Waals surface area contributed by atoms with Crippen LogP contribution in [0.5, 0.6) is 0 Å². The van der Waals surface area contributed by atoms with Gasteiger partial charge >= 0.3 is 0 Å². The van der Waals surface area contributed by atoms with E-state index >= 15 is 0 Å². The summed E-state index contributed by atoms with van der Waals surface area (Å²) in [6.07, 6.45) is 18.2. The molecule has 7 aliphatic heterocycles. The summed E-state index contributed by atoms with van der Waals surface area (Å²) < 4.78 is 0. The van der Waals surface area contributed by atoms with Crippen LogP contribution < -0.4 is 5.32 Å². The van der Waals surface area contributed by atoms with Crippen molar-refractivity contribution in [1.82, 2.24) is 44.5 Å². The van der Waals surface area contributed by atoms with Crippen molar-refractivity contribution in [3.05, 3.63) is 0 Å². The summed E-state index contributed by atoms with van der Waals surface area (Å²) in [5.74, 6) is 14.5. The highest BCUT2D eigenvalue weighted by molar-refractivity contribution is 4.84. The SMILES string of the molecule is CC(C)C1CCCN(C(C)C)C1.CC(C)C1CCN(C(C)C)C1.CC(C)C1CCN(C(C)C)CC1.CC(C)CCN(C)C(C)C.CC(C)CCNC(C)C.CC(C)[C@@H]1CCCN(C(C)C)C1.CC(C)[C@@H]1CCN(C(C)C)C1.CC(C)[C@H]1CCCN(C(C)C)C1.CC(C)[C@H]1CCN(C(C)C)C1. The van der Waals surface area contributed by atoms with Gasteiger partial charge < -0.3 is 44.5 Å². The Morgan fingerprint density at radius 3 is 0.650 bits per heavy atom. The predicted molar refractivity (Wildman–Crippen MR) is 456 cm³/mol. The molecule has 7 aliphatic rings. The molecule has 604 valence electrons. The first kappa shape index (κ1) is 102. The Morgan fingerprint density at radius 1 is 0.260 bits per heavy atom. The van der Waals surface area contributed by atoms with E-state index in [1.165, 1.54) is 182 Å². The molecule has 100 heavy (non-hydrogen) atoms. The van der Waals surface area contributed by atoms with Gasteiger partial charge in [0, 0.05) is 93.6 Å². The summed E-state index contributed by atoms with van der Waals surface area (Å²) in [7, 11) is 2.19.